The number of rotatable bonds is 2. The highest BCUT2D eigenvalue weighted by molar-refractivity contribution is 4.79. The Balaban J connectivity index is 2.24. The molecule has 0 saturated carbocycles. The molecule has 3 N–H and O–H groups in total. The lowest BCUT2D eigenvalue weighted by atomic mass is 9.86. The van der Waals surface area contributed by atoms with E-state index in [-0.39, 0.29) is 5.54 Å². The second-order valence-electron chi connectivity index (χ2n) is 4.39. The minimum absolute atomic E-state index is 0.0298. The van der Waals surface area contributed by atoms with E-state index in [0.717, 1.165) is 5.92 Å². The van der Waals surface area contributed by atoms with Gasteiger partial charge >= 0.3 is 0 Å². The average molecular weight is 156 g/mol. The fourth-order valence-corrected chi connectivity index (χ4v) is 1.83. The monoisotopic (exact) mass is 156 g/mol. The quantitative estimate of drug-likeness (QED) is 0.628. The Hall–Kier alpha value is -0.0800. The van der Waals surface area contributed by atoms with Crippen molar-refractivity contribution in [3.63, 3.8) is 0 Å². The van der Waals surface area contributed by atoms with Crippen molar-refractivity contribution in [2.75, 3.05) is 13.1 Å². The molecule has 2 nitrogen and oxygen atoms in total. The third kappa shape index (κ3) is 3.73. The van der Waals surface area contributed by atoms with Crippen molar-refractivity contribution in [3.05, 3.63) is 0 Å². The molecule has 0 aromatic carbocycles. The smallest absolute Gasteiger partial charge is 0.00997 e. The Morgan fingerprint density at radius 3 is 2.36 bits per heavy atom. The van der Waals surface area contributed by atoms with Crippen molar-refractivity contribution in [3.8, 4) is 0 Å². The van der Waals surface area contributed by atoms with Crippen LogP contribution in [0.5, 0.6) is 0 Å². The summed E-state index contributed by atoms with van der Waals surface area (Å²) >= 11 is 0. The predicted octanol–water partition coefficient (Wildman–Crippen LogP) is 1.11. The van der Waals surface area contributed by atoms with E-state index in [2.05, 4.69) is 19.2 Å². The maximum Gasteiger partial charge on any atom is 0.00997 e. The molecular weight excluding hydrogens is 136 g/mol. The third-order valence-corrected chi connectivity index (χ3v) is 2.27. The van der Waals surface area contributed by atoms with Crippen LogP contribution in [0.15, 0.2) is 0 Å². The number of nitrogens with two attached hydrogens (primary N) is 1. The molecule has 1 aliphatic rings. The van der Waals surface area contributed by atoms with Gasteiger partial charge in [0.15, 0.2) is 0 Å². The van der Waals surface area contributed by atoms with Crippen molar-refractivity contribution < 1.29 is 0 Å². The molecule has 0 unspecified atom stereocenters. The van der Waals surface area contributed by atoms with Crippen molar-refractivity contribution in [1.82, 2.24) is 5.32 Å². The predicted molar refractivity (Wildman–Crippen MR) is 48.5 cm³/mol. The SMILES string of the molecule is CC(C)(N)CC1CCNCC1. The van der Waals surface area contributed by atoms with Gasteiger partial charge < -0.3 is 11.1 Å². The van der Waals surface area contributed by atoms with Crippen LogP contribution in [0.4, 0.5) is 0 Å². The first kappa shape index (κ1) is 9.01. The van der Waals surface area contributed by atoms with Crippen LogP contribution in [-0.4, -0.2) is 18.6 Å². The van der Waals surface area contributed by atoms with E-state index >= 15 is 0 Å². The summed E-state index contributed by atoms with van der Waals surface area (Å²) in [6.07, 6.45) is 3.79. The maximum atomic E-state index is 5.95. The molecular formula is C9H20N2. The molecule has 11 heavy (non-hydrogen) atoms. The van der Waals surface area contributed by atoms with Gasteiger partial charge in [0.2, 0.25) is 0 Å². The van der Waals surface area contributed by atoms with Crippen LogP contribution in [0.3, 0.4) is 0 Å². The standard InChI is InChI=1S/C9H20N2/c1-9(2,10)7-8-3-5-11-6-4-8/h8,11H,3-7,10H2,1-2H3. The first-order chi connectivity index (χ1) is 5.08. The molecule has 1 fully saturated rings. The molecule has 0 spiro atoms. The van der Waals surface area contributed by atoms with Crippen LogP contribution < -0.4 is 11.1 Å². The second kappa shape index (κ2) is 3.55. The zero-order valence-electron chi connectivity index (χ0n) is 7.69. The minimum atomic E-state index is 0.0298. The van der Waals surface area contributed by atoms with Crippen molar-refractivity contribution in [2.24, 2.45) is 11.7 Å². The summed E-state index contributed by atoms with van der Waals surface area (Å²) in [5.74, 6) is 0.858. The van der Waals surface area contributed by atoms with E-state index in [9.17, 15) is 0 Å². The maximum absolute atomic E-state index is 5.95. The highest BCUT2D eigenvalue weighted by Gasteiger charge is 2.20. The van der Waals surface area contributed by atoms with Crippen molar-refractivity contribution in [2.45, 2.75) is 38.6 Å². The molecule has 0 amide bonds. The van der Waals surface area contributed by atoms with Gasteiger partial charge in [-0.25, -0.2) is 0 Å². The number of hydrogen-bond acceptors (Lipinski definition) is 2. The molecule has 0 radical (unpaired) electrons. The minimum Gasteiger partial charge on any atom is -0.326 e. The molecule has 1 saturated heterocycles. The molecule has 1 heterocycles. The van der Waals surface area contributed by atoms with Crippen molar-refractivity contribution in [1.29, 1.82) is 0 Å². The van der Waals surface area contributed by atoms with Gasteiger partial charge in [0, 0.05) is 5.54 Å². The molecule has 0 aromatic rings. The van der Waals surface area contributed by atoms with E-state index in [1.54, 1.807) is 0 Å². The molecule has 1 aliphatic heterocycles. The Morgan fingerprint density at radius 1 is 1.36 bits per heavy atom. The summed E-state index contributed by atoms with van der Waals surface area (Å²) in [6, 6.07) is 0. The molecule has 66 valence electrons. The fraction of sp³-hybridized carbons (Fsp3) is 1.00. The summed E-state index contributed by atoms with van der Waals surface area (Å²) in [5, 5.41) is 3.36. The van der Waals surface area contributed by atoms with Crippen LogP contribution in [0.2, 0.25) is 0 Å². The highest BCUT2D eigenvalue weighted by Crippen LogP contribution is 2.21. The summed E-state index contributed by atoms with van der Waals surface area (Å²) < 4.78 is 0. The third-order valence-electron chi connectivity index (χ3n) is 2.27. The zero-order valence-corrected chi connectivity index (χ0v) is 7.69. The van der Waals surface area contributed by atoms with Crippen LogP contribution in [0.1, 0.15) is 33.1 Å². The normalized spacial score (nSPS) is 22.1. The molecule has 0 aromatic heterocycles. The van der Waals surface area contributed by atoms with Crippen LogP contribution >= 0.6 is 0 Å². The fourth-order valence-electron chi connectivity index (χ4n) is 1.83. The number of hydrogen-bond donors (Lipinski definition) is 2. The van der Waals surface area contributed by atoms with Gasteiger partial charge in [-0.1, -0.05) is 0 Å². The van der Waals surface area contributed by atoms with E-state index in [0.29, 0.717) is 0 Å². The number of piperidine rings is 1. The van der Waals surface area contributed by atoms with E-state index in [1.165, 1.54) is 32.4 Å². The molecule has 1 rings (SSSR count). The largest absolute Gasteiger partial charge is 0.326 e. The zero-order chi connectivity index (χ0) is 8.32. The topological polar surface area (TPSA) is 38.0 Å². The van der Waals surface area contributed by atoms with E-state index in [4.69, 9.17) is 5.73 Å². The van der Waals surface area contributed by atoms with E-state index in [1.807, 2.05) is 0 Å². The molecule has 0 bridgehead atoms. The van der Waals surface area contributed by atoms with Crippen molar-refractivity contribution >= 4 is 0 Å². The highest BCUT2D eigenvalue weighted by atomic mass is 14.9. The van der Waals surface area contributed by atoms with Gasteiger partial charge in [0.25, 0.3) is 0 Å². The Morgan fingerprint density at radius 2 is 1.91 bits per heavy atom. The van der Waals surface area contributed by atoms with Crippen LogP contribution in [-0.2, 0) is 0 Å². The van der Waals surface area contributed by atoms with Gasteiger partial charge in [-0.3, -0.25) is 0 Å². The van der Waals surface area contributed by atoms with Gasteiger partial charge in [-0.15, -0.1) is 0 Å². The second-order valence-corrected chi connectivity index (χ2v) is 4.39. The summed E-state index contributed by atoms with van der Waals surface area (Å²) in [7, 11) is 0. The summed E-state index contributed by atoms with van der Waals surface area (Å²) in [4.78, 5) is 0. The Kier molecular flexibility index (Phi) is 2.90. The summed E-state index contributed by atoms with van der Waals surface area (Å²) in [6.45, 7) is 6.60. The number of nitrogens with one attached hydrogen (secondary N) is 1. The molecule has 0 atom stereocenters. The Labute approximate surface area is 69.5 Å². The summed E-state index contributed by atoms with van der Waals surface area (Å²) in [5.41, 5.74) is 5.98. The lowest BCUT2D eigenvalue weighted by Gasteiger charge is -2.29. The first-order valence-electron chi connectivity index (χ1n) is 4.57. The lowest BCUT2D eigenvalue weighted by molar-refractivity contribution is 0.292. The van der Waals surface area contributed by atoms with Gasteiger partial charge in [-0.2, -0.15) is 0 Å². The van der Waals surface area contributed by atoms with Crippen LogP contribution in [0.25, 0.3) is 0 Å². The van der Waals surface area contributed by atoms with Crippen LogP contribution in [0, 0.1) is 5.92 Å². The lowest BCUT2D eigenvalue weighted by Crippen LogP contribution is -2.38. The van der Waals surface area contributed by atoms with Gasteiger partial charge in [-0.05, 0) is 52.1 Å². The first-order valence-corrected chi connectivity index (χ1v) is 4.57. The Bertz CT molecular complexity index is 109. The average Bonchev–Trinajstić information content (AvgIpc) is 1.85. The molecule has 2 heteroatoms. The van der Waals surface area contributed by atoms with E-state index < -0.39 is 0 Å². The van der Waals surface area contributed by atoms with Gasteiger partial charge in [0.1, 0.15) is 0 Å². The van der Waals surface area contributed by atoms with Gasteiger partial charge in [0.05, 0.1) is 0 Å². The molecule has 0 aliphatic carbocycles.